The maximum Gasteiger partial charge on any atom is 0.228 e. The summed E-state index contributed by atoms with van der Waals surface area (Å²) >= 11 is 1.76. The van der Waals surface area contributed by atoms with Gasteiger partial charge in [0.2, 0.25) is 5.91 Å². The fourth-order valence-corrected chi connectivity index (χ4v) is 3.07. The van der Waals surface area contributed by atoms with E-state index in [1.54, 1.807) is 17.8 Å². The van der Waals surface area contributed by atoms with Gasteiger partial charge in [-0.25, -0.2) is 0 Å². The van der Waals surface area contributed by atoms with Gasteiger partial charge >= 0.3 is 0 Å². The van der Waals surface area contributed by atoms with Gasteiger partial charge in [-0.1, -0.05) is 49.4 Å². The molecule has 0 aliphatic carbocycles. The molecule has 0 saturated heterocycles. The Kier molecular flexibility index (Phi) is 6.49. The van der Waals surface area contributed by atoms with Crippen LogP contribution in [0.5, 0.6) is 0 Å². The van der Waals surface area contributed by atoms with Gasteiger partial charge in [0.15, 0.2) is 0 Å². The lowest BCUT2D eigenvalue weighted by molar-refractivity contribution is -0.118. The Morgan fingerprint density at radius 1 is 1.14 bits per heavy atom. The second kappa shape index (κ2) is 8.61. The molecule has 0 heterocycles. The number of nitrogens with one attached hydrogen (secondary N) is 1. The van der Waals surface area contributed by atoms with Gasteiger partial charge in [-0.3, -0.25) is 4.79 Å². The quantitative estimate of drug-likeness (QED) is 0.819. The molecule has 0 aliphatic rings. The molecule has 1 amide bonds. The number of amides is 1. The van der Waals surface area contributed by atoms with Crippen LogP contribution in [-0.2, 0) is 17.2 Å². The van der Waals surface area contributed by atoms with E-state index in [-0.39, 0.29) is 18.4 Å². The molecule has 2 aromatic rings. The molecular weight excluding hydrogens is 294 g/mol. The Morgan fingerprint density at radius 2 is 1.86 bits per heavy atom. The van der Waals surface area contributed by atoms with Crippen LogP contribution < -0.4 is 5.32 Å². The number of carbonyl (C=O) groups is 1. The van der Waals surface area contributed by atoms with Crippen molar-refractivity contribution in [3.05, 3.63) is 65.7 Å². The molecule has 0 spiro atoms. The number of hydrogen-bond donors (Lipinski definition) is 2. The fraction of sp³-hybridized carbons (Fsp3) is 0.278. The lowest BCUT2D eigenvalue weighted by Crippen LogP contribution is -2.22. The van der Waals surface area contributed by atoms with Crippen molar-refractivity contribution in [2.75, 3.05) is 11.1 Å². The van der Waals surface area contributed by atoms with E-state index in [4.69, 9.17) is 5.11 Å². The first-order valence-corrected chi connectivity index (χ1v) is 8.47. The van der Waals surface area contributed by atoms with Gasteiger partial charge in [-0.15, -0.1) is 0 Å². The van der Waals surface area contributed by atoms with Crippen molar-refractivity contribution >= 4 is 23.4 Å². The van der Waals surface area contributed by atoms with Crippen LogP contribution in [0.15, 0.2) is 54.6 Å². The van der Waals surface area contributed by atoms with E-state index in [1.165, 1.54) is 5.56 Å². The monoisotopic (exact) mass is 315 g/mol. The van der Waals surface area contributed by atoms with Crippen LogP contribution in [0.3, 0.4) is 0 Å². The van der Waals surface area contributed by atoms with Crippen molar-refractivity contribution in [2.24, 2.45) is 5.92 Å². The summed E-state index contributed by atoms with van der Waals surface area (Å²) < 4.78 is 0. The number of aliphatic hydroxyl groups excluding tert-OH is 1. The van der Waals surface area contributed by atoms with Crippen LogP contribution in [-0.4, -0.2) is 16.8 Å². The number of thioether (sulfide) groups is 1. The van der Waals surface area contributed by atoms with E-state index < -0.39 is 0 Å². The predicted molar refractivity (Wildman–Crippen MR) is 92.8 cm³/mol. The van der Waals surface area contributed by atoms with E-state index in [0.29, 0.717) is 0 Å². The molecule has 2 N–H and O–H groups in total. The van der Waals surface area contributed by atoms with Crippen LogP contribution >= 0.6 is 11.8 Å². The zero-order valence-electron chi connectivity index (χ0n) is 12.7. The van der Waals surface area contributed by atoms with Crippen molar-refractivity contribution in [3.63, 3.8) is 0 Å². The molecule has 0 aromatic heterocycles. The minimum atomic E-state index is -0.0634. The molecule has 1 atom stereocenters. The summed E-state index contributed by atoms with van der Waals surface area (Å²) in [7, 11) is 0. The average molecular weight is 315 g/mol. The van der Waals surface area contributed by atoms with E-state index in [9.17, 15) is 4.79 Å². The molecule has 22 heavy (non-hydrogen) atoms. The molecule has 3 nitrogen and oxygen atoms in total. The molecule has 4 heteroatoms. The Hall–Kier alpha value is -1.78. The van der Waals surface area contributed by atoms with E-state index in [0.717, 1.165) is 22.8 Å². The summed E-state index contributed by atoms with van der Waals surface area (Å²) in [6.45, 7) is 1.91. The molecule has 2 aromatic carbocycles. The highest BCUT2D eigenvalue weighted by Gasteiger charge is 2.13. The van der Waals surface area contributed by atoms with Crippen molar-refractivity contribution in [2.45, 2.75) is 19.3 Å². The minimum Gasteiger partial charge on any atom is -0.392 e. The third kappa shape index (κ3) is 5.20. The molecular formula is C18H21NO2S. The largest absolute Gasteiger partial charge is 0.392 e. The molecule has 116 valence electrons. The van der Waals surface area contributed by atoms with Crippen LogP contribution in [0.2, 0.25) is 0 Å². The second-order valence-corrected chi connectivity index (χ2v) is 6.28. The van der Waals surface area contributed by atoms with Gasteiger partial charge in [0.25, 0.3) is 0 Å². The summed E-state index contributed by atoms with van der Waals surface area (Å²) in [5.41, 5.74) is 2.80. The van der Waals surface area contributed by atoms with Gasteiger partial charge in [-0.2, -0.15) is 11.8 Å². The van der Waals surface area contributed by atoms with Gasteiger partial charge in [-0.05, 0) is 23.3 Å². The lowest BCUT2D eigenvalue weighted by atomic mass is 10.1. The normalized spacial score (nSPS) is 11.9. The van der Waals surface area contributed by atoms with Gasteiger partial charge in [0.05, 0.1) is 6.61 Å². The minimum absolute atomic E-state index is 0.00986. The van der Waals surface area contributed by atoms with Crippen LogP contribution in [0.25, 0.3) is 0 Å². The third-order valence-electron chi connectivity index (χ3n) is 3.30. The fourth-order valence-electron chi connectivity index (χ4n) is 2.02. The van der Waals surface area contributed by atoms with Crippen molar-refractivity contribution < 1.29 is 9.90 Å². The number of aliphatic hydroxyl groups is 1. The summed E-state index contributed by atoms with van der Waals surface area (Å²) in [6.07, 6.45) is 0. The zero-order chi connectivity index (χ0) is 15.8. The molecule has 0 aliphatic heterocycles. The maximum absolute atomic E-state index is 12.2. The SMILES string of the molecule is CC(CSCc1ccccc1)C(=O)Nc1cccc(CO)c1. The highest BCUT2D eigenvalue weighted by atomic mass is 32.2. The second-order valence-electron chi connectivity index (χ2n) is 5.25. The first-order valence-electron chi connectivity index (χ1n) is 7.31. The summed E-state index contributed by atoms with van der Waals surface area (Å²) in [5.74, 6) is 1.64. The van der Waals surface area contributed by atoms with Crippen molar-refractivity contribution in [1.29, 1.82) is 0 Å². The first-order chi connectivity index (χ1) is 10.7. The highest BCUT2D eigenvalue weighted by molar-refractivity contribution is 7.98. The Morgan fingerprint density at radius 3 is 2.59 bits per heavy atom. The highest BCUT2D eigenvalue weighted by Crippen LogP contribution is 2.17. The van der Waals surface area contributed by atoms with Crippen LogP contribution in [0.1, 0.15) is 18.1 Å². The molecule has 2 rings (SSSR count). The number of benzene rings is 2. The molecule has 0 saturated carbocycles. The molecule has 0 bridgehead atoms. The van der Waals surface area contributed by atoms with E-state index in [2.05, 4.69) is 17.4 Å². The maximum atomic E-state index is 12.2. The smallest absolute Gasteiger partial charge is 0.228 e. The van der Waals surface area contributed by atoms with Gasteiger partial charge in [0, 0.05) is 23.1 Å². The summed E-state index contributed by atoms with van der Waals surface area (Å²) in [4.78, 5) is 12.2. The molecule has 1 unspecified atom stereocenters. The number of carbonyl (C=O) groups excluding carboxylic acids is 1. The lowest BCUT2D eigenvalue weighted by Gasteiger charge is -2.12. The standard InChI is InChI=1S/C18H21NO2S/c1-14(12-22-13-15-6-3-2-4-7-15)18(21)19-17-9-5-8-16(10-17)11-20/h2-10,14,20H,11-13H2,1H3,(H,19,21). The van der Waals surface area contributed by atoms with E-state index in [1.807, 2.05) is 43.3 Å². The predicted octanol–water partition coefficient (Wildman–Crippen LogP) is 3.69. The topological polar surface area (TPSA) is 49.3 Å². The Bertz CT molecular complexity index is 601. The zero-order valence-corrected chi connectivity index (χ0v) is 13.5. The van der Waals surface area contributed by atoms with Gasteiger partial charge < -0.3 is 10.4 Å². The van der Waals surface area contributed by atoms with Crippen LogP contribution in [0, 0.1) is 5.92 Å². The average Bonchev–Trinajstić information content (AvgIpc) is 2.56. The third-order valence-corrected chi connectivity index (χ3v) is 4.58. The van der Waals surface area contributed by atoms with Crippen LogP contribution in [0.4, 0.5) is 5.69 Å². The molecule has 0 fully saturated rings. The van der Waals surface area contributed by atoms with Crippen molar-refractivity contribution in [1.82, 2.24) is 0 Å². The van der Waals surface area contributed by atoms with E-state index >= 15 is 0 Å². The number of anilines is 1. The first kappa shape index (κ1) is 16.6. The number of rotatable bonds is 7. The molecule has 0 radical (unpaired) electrons. The van der Waals surface area contributed by atoms with Crippen molar-refractivity contribution in [3.8, 4) is 0 Å². The Labute approximate surface area is 135 Å². The van der Waals surface area contributed by atoms with Gasteiger partial charge in [0.1, 0.15) is 0 Å². The summed E-state index contributed by atoms with van der Waals surface area (Å²) in [5, 5.41) is 12.0. The Balaban J connectivity index is 1.79. The summed E-state index contributed by atoms with van der Waals surface area (Å²) in [6, 6.07) is 17.5. The number of hydrogen-bond acceptors (Lipinski definition) is 3.